The van der Waals surface area contributed by atoms with Crippen LogP contribution in [-0.4, -0.2) is 32.7 Å². The molecule has 0 N–H and O–H groups in total. The number of rotatable bonds is 3. The number of hydrogen-bond acceptors (Lipinski definition) is 3. The lowest BCUT2D eigenvalue weighted by molar-refractivity contribution is 0.0200. The van der Waals surface area contributed by atoms with Crippen molar-refractivity contribution in [3.05, 3.63) is 0 Å². The van der Waals surface area contributed by atoms with Gasteiger partial charge in [0.15, 0.2) is 0 Å². The Hall–Kier alpha value is 0.805. The van der Waals surface area contributed by atoms with E-state index in [2.05, 4.69) is 18.9 Å². The number of ether oxygens (including phenoxy) is 1. The predicted molar refractivity (Wildman–Crippen MR) is 53.8 cm³/mol. The van der Waals surface area contributed by atoms with Crippen molar-refractivity contribution < 1.29 is 13.8 Å². The standard InChI is InChI=1S/C6H13BO3P2/c1-3-5(10-12)4(2-8-11)9-6(3)7/h3-6H,2,11-12H2,1H3/t3?,4-,5+,6-/m0/s1. The molecule has 1 aliphatic rings. The molecule has 0 aliphatic carbocycles. The molecule has 68 valence electrons. The third-order valence-electron chi connectivity index (χ3n) is 2.15. The molecule has 6 heteroatoms. The maximum atomic E-state index is 5.69. The second kappa shape index (κ2) is 4.88. The van der Waals surface area contributed by atoms with Crippen molar-refractivity contribution in [1.82, 2.24) is 0 Å². The van der Waals surface area contributed by atoms with E-state index in [1.807, 2.05) is 6.92 Å². The highest BCUT2D eigenvalue weighted by Gasteiger charge is 2.39. The van der Waals surface area contributed by atoms with Crippen LogP contribution in [0.5, 0.6) is 0 Å². The molecule has 0 aromatic carbocycles. The van der Waals surface area contributed by atoms with E-state index in [-0.39, 0.29) is 24.1 Å². The molecule has 1 rings (SSSR count). The molecule has 1 aliphatic heterocycles. The van der Waals surface area contributed by atoms with E-state index in [1.54, 1.807) is 0 Å². The summed E-state index contributed by atoms with van der Waals surface area (Å²) in [7, 11) is 10.1. The van der Waals surface area contributed by atoms with Gasteiger partial charge < -0.3 is 13.8 Å². The molecule has 1 fully saturated rings. The Balaban J connectivity index is 2.52. The molecule has 0 saturated carbocycles. The van der Waals surface area contributed by atoms with E-state index in [1.165, 1.54) is 0 Å². The van der Waals surface area contributed by atoms with Crippen molar-refractivity contribution in [1.29, 1.82) is 0 Å². The van der Waals surface area contributed by atoms with Gasteiger partial charge in [-0.3, -0.25) is 0 Å². The van der Waals surface area contributed by atoms with Gasteiger partial charge in [-0.25, -0.2) is 0 Å². The molecule has 0 amide bonds. The highest BCUT2D eigenvalue weighted by Crippen LogP contribution is 2.29. The fourth-order valence-corrected chi connectivity index (χ4v) is 1.98. The normalized spacial score (nSPS) is 41.9. The number of hydrogen-bond donors (Lipinski definition) is 0. The summed E-state index contributed by atoms with van der Waals surface area (Å²) >= 11 is 0. The van der Waals surface area contributed by atoms with Gasteiger partial charge in [-0.1, -0.05) is 6.92 Å². The van der Waals surface area contributed by atoms with Crippen molar-refractivity contribution >= 4 is 26.8 Å². The van der Waals surface area contributed by atoms with Crippen molar-refractivity contribution in [3.63, 3.8) is 0 Å². The fourth-order valence-electron chi connectivity index (χ4n) is 1.37. The average molecular weight is 206 g/mol. The van der Waals surface area contributed by atoms with Crippen LogP contribution in [0.3, 0.4) is 0 Å². The van der Waals surface area contributed by atoms with Crippen molar-refractivity contribution in [2.45, 2.75) is 25.1 Å². The van der Waals surface area contributed by atoms with E-state index in [9.17, 15) is 0 Å². The quantitative estimate of drug-likeness (QED) is 0.497. The van der Waals surface area contributed by atoms with Gasteiger partial charge in [0.05, 0.1) is 12.7 Å². The van der Waals surface area contributed by atoms with E-state index >= 15 is 0 Å². The molecule has 1 heterocycles. The zero-order valence-electron chi connectivity index (χ0n) is 6.97. The molecular weight excluding hydrogens is 193 g/mol. The highest BCUT2D eigenvalue weighted by atomic mass is 31.0. The smallest absolute Gasteiger partial charge is 0.109 e. The van der Waals surface area contributed by atoms with Crippen molar-refractivity contribution in [2.24, 2.45) is 5.92 Å². The average Bonchev–Trinajstić information content (AvgIpc) is 2.29. The molecule has 0 aromatic rings. The minimum absolute atomic E-state index is 0.00514. The summed E-state index contributed by atoms with van der Waals surface area (Å²) in [5, 5.41) is 0. The molecule has 0 bridgehead atoms. The summed E-state index contributed by atoms with van der Waals surface area (Å²) in [6.07, 6.45) is -0.0597. The van der Waals surface area contributed by atoms with Gasteiger partial charge in [0.1, 0.15) is 14.0 Å². The van der Waals surface area contributed by atoms with Crippen LogP contribution in [0.15, 0.2) is 0 Å². The summed E-state index contributed by atoms with van der Waals surface area (Å²) in [5.74, 6) is 0.202. The van der Waals surface area contributed by atoms with Gasteiger partial charge in [0, 0.05) is 30.9 Å². The van der Waals surface area contributed by atoms with Crippen LogP contribution in [0.25, 0.3) is 0 Å². The largest absolute Gasteiger partial charge is 0.379 e. The summed E-state index contributed by atoms with van der Waals surface area (Å²) in [6.45, 7) is 2.49. The lowest BCUT2D eigenvalue weighted by Crippen LogP contribution is -2.29. The van der Waals surface area contributed by atoms with Crippen LogP contribution >= 0.6 is 18.9 Å². The molecule has 3 unspecified atom stereocenters. The van der Waals surface area contributed by atoms with Gasteiger partial charge >= 0.3 is 0 Å². The monoisotopic (exact) mass is 206 g/mol. The topological polar surface area (TPSA) is 27.7 Å². The molecule has 2 radical (unpaired) electrons. The van der Waals surface area contributed by atoms with Crippen molar-refractivity contribution in [3.8, 4) is 0 Å². The van der Waals surface area contributed by atoms with E-state index in [0.717, 1.165) is 0 Å². The zero-order chi connectivity index (χ0) is 9.14. The molecule has 12 heavy (non-hydrogen) atoms. The third kappa shape index (κ3) is 2.18. The van der Waals surface area contributed by atoms with Gasteiger partial charge in [-0.2, -0.15) is 0 Å². The molecule has 3 nitrogen and oxygen atoms in total. The lowest BCUT2D eigenvalue weighted by Gasteiger charge is -2.18. The van der Waals surface area contributed by atoms with E-state index in [4.69, 9.17) is 21.6 Å². The summed E-state index contributed by atoms with van der Waals surface area (Å²) < 4.78 is 15.5. The summed E-state index contributed by atoms with van der Waals surface area (Å²) in [4.78, 5) is 0. The first kappa shape index (κ1) is 10.9. The Kier molecular flexibility index (Phi) is 4.43. The molecule has 0 spiro atoms. The molecule has 6 atom stereocenters. The zero-order valence-corrected chi connectivity index (χ0v) is 9.28. The predicted octanol–water partition coefficient (Wildman–Crippen LogP) is 0.498. The highest BCUT2D eigenvalue weighted by molar-refractivity contribution is 7.10. The maximum Gasteiger partial charge on any atom is 0.109 e. The summed E-state index contributed by atoms with van der Waals surface area (Å²) in [6, 6.07) is -0.249. The van der Waals surface area contributed by atoms with E-state index in [0.29, 0.717) is 6.61 Å². The van der Waals surface area contributed by atoms with Crippen LogP contribution in [0.2, 0.25) is 0 Å². The Morgan fingerprint density at radius 2 is 2.17 bits per heavy atom. The van der Waals surface area contributed by atoms with Crippen LogP contribution < -0.4 is 0 Å². The minimum Gasteiger partial charge on any atom is -0.379 e. The molecule has 0 aromatic heterocycles. The van der Waals surface area contributed by atoms with Crippen molar-refractivity contribution in [2.75, 3.05) is 6.61 Å². The fraction of sp³-hybridized carbons (Fsp3) is 1.00. The Morgan fingerprint density at radius 1 is 1.50 bits per heavy atom. The van der Waals surface area contributed by atoms with Crippen LogP contribution in [0.4, 0.5) is 0 Å². The molecular formula is C6H13BO3P2. The lowest BCUT2D eigenvalue weighted by atomic mass is 9.86. The molecule has 1 saturated heterocycles. The maximum absolute atomic E-state index is 5.69. The van der Waals surface area contributed by atoms with E-state index < -0.39 is 0 Å². The van der Waals surface area contributed by atoms with Gasteiger partial charge in [0.2, 0.25) is 0 Å². The van der Waals surface area contributed by atoms with Gasteiger partial charge in [-0.15, -0.1) is 0 Å². The second-order valence-corrected chi connectivity index (χ2v) is 3.54. The van der Waals surface area contributed by atoms with Crippen LogP contribution in [0.1, 0.15) is 6.92 Å². The second-order valence-electron chi connectivity index (χ2n) is 2.93. The first-order valence-electron chi connectivity index (χ1n) is 3.79. The first-order chi connectivity index (χ1) is 5.70. The first-order valence-corrected chi connectivity index (χ1v) is 4.73. The Labute approximate surface area is 78.9 Å². The Bertz CT molecular complexity index is 149. The Morgan fingerprint density at radius 3 is 2.67 bits per heavy atom. The van der Waals surface area contributed by atoms with Gasteiger partial charge in [-0.05, 0) is 0 Å². The SMILES string of the molecule is [B][C@H]1O[C@@H](COP)[C@H](OP)C1C. The van der Waals surface area contributed by atoms with Gasteiger partial charge in [0.25, 0.3) is 0 Å². The third-order valence-corrected chi connectivity index (χ3v) is 2.66. The van der Waals surface area contributed by atoms with Crippen LogP contribution in [-0.2, 0) is 13.8 Å². The minimum atomic E-state index is -0.249. The van der Waals surface area contributed by atoms with Crippen LogP contribution in [0, 0.1) is 5.92 Å². The summed E-state index contributed by atoms with van der Waals surface area (Å²) in [5.41, 5.74) is 0.